The van der Waals surface area contributed by atoms with Gasteiger partial charge >= 0.3 is 5.97 Å². The van der Waals surface area contributed by atoms with Gasteiger partial charge in [-0.1, -0.05) is 97.3 Å². The van der Waals surface area contributed by atoms with Crippen LogP contribution in [0.5, 0.6) is 0 Å². The third kappa shape index (κ3) is 47.1. The van der Waals surface area contributed by atoms with Gasteiger partial charge < -0.3 is 52.1 Å². The molecule has 0 atom stereocenters. The number of ether oxygens (including phenoxy) is 11. The van der Waals surface area contributed by atoms with Crippen molar-refractivity contribution in [3.8, 4) is 0 Å². The highest BCUT2D eigenvalue weighted by atomic mass is 16.6. The number of hydrogen-bond donors (Lipinski definition) is 0. The molecule has 312 valence electrons. The molecular weight excluding hydrogens is 672 g/mol. The molecule has 0 rings (SSSR count). The monoisotopic (exact) mass is 753 g/mol. The maximum Gasteiger partial charge on any atom is 0.305 e. The molecule has 12 heteroatoms. The maximum absolute atomic E-state index is 11.9. The van der Waals surface area contributed by atoms with E-state index in [9.17, 15) is 4.79 Å². The quantitative estimate of drug-likeness (QED) is 0.0472. The molecule has 0 aromatic heterocycles. The molecule has 0 saturated carbocycles. The Morgan fingerprint density at radius 2 is 0.500 bits per heavy atom. The van der Waals surface area contributed by atoms with Crippen molar-refractivity contribution < 1.29 is 56.9 Å². The molecule has 0 aromatic rings. The zero-order valence-electron chi connectivity index (χ0n) is 33.6. The van der Waals surface area contributed by atoms with E-state index in [1.54, 1.807) is 0 Å². The zero-order valence-corrected chi connectivity index (χ0v) is 33.6. The Hall–Kier alpha value is -0.930. The van der Waals surface area contributed by atoms with Crippen LogP contribution in [0.2, 0.25) is 0 Å². The summed E-state index contributed by atoms with van der Waals surface area (Å²) in [4.78, 5) is 11.9. The molecule has 0 saturated heterocycles. The van der Waals surface area contributed by atoms with Gasteiger partial charge in [-0.3, -0.25) is 4.79 Å². The van der Waals surface area contributed by atoms with Crippen molar-refractivity contribution in [2.75, 3.05) is 139 Å². The van der Waals surface area contributed by atoms with Gasteiger partial charge in [0.2, 0.25) is 0 Å². The van der Waals surface area contributed by atoms with Crippen molar-refractivity contribution in [1.82, 2.24) is 0 Å². The van der Waals surface area contributed by atoms with E-state index >= 15 is 0 Å². The summed E-state index contributed by atoms with van der Waals surface area (Å²) in [5.41, 5.74) is 0. The van der Waals surface area contributed by atoms with Crippen LogP contribution in [0.25, 0.3) is 0 Å². The Morgan fingerprint density at radius 3 is 0.788 bits per heavy atom. The highest BCUT2D eigenvalue weighted by Crippen LogP contribution is 2.13. The van der Waals surface area contributed by atoms with Crippen LogP contribution in [0.1, 0.15) is 117 Å². The average Bonchev–Trinajstić information content (AvgIpc) is 3.15. The van der Waals surface area contributed by atoms with Gasteiger partial charge in [0.1, 0.15) is 6.61 Å². The number of carbonyl (C=O) groups excluding carboxylic acids is 1. The molecule has 0 spiro atoms. The first-order valence-corrected chi connectivity index (χ1v) is 20.7. The second-order valence-electron chi connectivity index (χ2n) is 12.7. The largest absolute Gasteiger partial charge is 0.463 e. The lowest BCUT2D eigenvalue weighted by atomic mass is 10.0. The first-order valence-electron chi connectivity index (χ1n) is 20.7. The molecule has 0 amide bonds. The standard InChI is InChI=1S/C40H80O12/c1-3-5-7-8-9-10-11-12-13-14-15-16-17-18-40(41)52-39-38-51-37-36-50-35-34-49-33-32-48-31-30-47-29-28-46-27-26-45-25-24-44-23-22-43-21-20-42-19-6-4-2/h3-39H2,1-2H3. The van der Waals surface area contributed by atoms with Crippen molar-refractivity contribution in [3.63, 3.8) is 0 Å². The average molecular weight is 753 g/mol. The Bertz CT molecular complexity index is 658. The summed E-state index contributed by atoms with van der Waals surface area (Å²) in [6.07, 6.45) is 19.6. The molecule has 0 N–H and O–H groups in total. The molecule has 0 bridgehead atoms. The lowest BCUT2D eigenvalue weighted by Crippen LogP contribution is -2.15. The maximum atomic E-state index is 11.9. The van der Waals surface area contributed by atoms with Gasteiger partial charge in [-0.05, 0) is 12.8 Å². The lowest BCUT2D eigenvalue weighted by molar-refractivity contribution is -0.145. The van der Waals surface area contributed by atoms with Crippen LogP contribution in [-0.2, 0) is 56.9 Å². The molecule has 0 aliphatic carbocycles. The predicted octanol–water partition coefficient (Wildman–Crippen LogP) is 6.98. The molecule has 0 aromatic carbocycles. The Kier molecular flexibility index (Phi) is 47.2. The summed E-state index contributed by atoms with van der Waals surface area (Å²) >= 11 is 0. The molecule has 0 fully saturated rings. The van der Waals surface area contributed by atoms with Gasteiger partial charge in [-0.2, -0.15) is 0 Å². The van der Waals surface area contributed by atoms with Gasteiger partial charge in [0.05, 0.1) is 126 Å². The Labute approximate surface area is 317 Å². The molecule has 0 aliphatic rings. The fourth-order valence-corrected chi connectivity index (χ4v) is 4.90. The van der Waals surface area contributed by atoms with Crippen LogP contribution in [0, 0.1) is 0 Å². The van der Waals surface area contributed by atoms with Crippen LogP contribution in [-0.4, -0.2) is 145 Å². The highest BCUT2D eigenvalue weighted by molar-refractivity contribution is 5.69. The number of unbranched alkanes of at least 4 members (excludes halogenated alkanes) is 13. The predicted molar refractivity (Wildman–Crippen MR) is 204 cm³/mol. The molecule has 0 radical (unpaired) electrons. The van der Waals surface area contributed by atoms with Gasteiger partial charge in [0.15, 0.2) is 0 Å². The van der Waals surface area contributed by atoms with E-state index in [1.165, 1.54) is 70.6 Å². The molecule has 0 aliphatic heterocycles. The molecule has 0 unspecified atom stereocenters. The van der Waals surface area contributed by atoms with E-state index in [0.717, 1.165) is 32.3 Å². The summed E-state index contributed by atoms with van der Waals surface area (Å²) in [6, 6.07) is 0. The van der Waals surface area contributed by atoms with Crippen molar-refractivity contribution in [2.24, 2.45) is 0 Å². The number of carbonyl (C=O) groups is 1. The fraction of sp³-hybridized carbons (Fsp3) is 0.975. The lowest BCUT2D eigenvalue weighted by Gasteiger charge is -2.09. The van der Waals surface area contributed by atoms with E-state index in [-0.39, 0.29) is 5.97 Å². The van der Waals surface area contributed by atoms with E-state index in [0.29, 0.717) is 139 Å². The van der Waals surface area contributed by atoms with Crippen molar-refractivity contribution >= 4 is 5.97 Å². The minimum Gasteiger partial charge on any atom is -0.463 e. The van der Waals surface area contributed by atoms with Crippen LogP contribution in [0.3, 0.4) is 0 Å². The third-order valence-electron chi connectivity index (χ3n) is 7.97. The normalized spacial score (nSPS) is 11.5. The van der Waals surface area contributed by atoms with Gasteiger partial charge in [-0.15, -0.1) is 0 Å². The fourth-order valence-electron chi connectivity index (χ4n) is 4.90. The van der Waals surface area contributed by atoms with E-state index < -0.39 is 0 Å². The van der Waals surface area contributed by atoms with Gasteiger partial charge in [0, 0.05) is 13.0 Å². The first kappa shape index (κ1) is 51.1. The molecule has 0 heterocycles. The van der Waals surface area contributed by atoms with Crippen LogP contribution in [0.4, 0.5) is 0 Å². The van der Waals surface area contributed by atoms with E-state index in [4.69, 9.17) is 52.1 Å². The van der Waals surface area contributed by atoms with Crippen LogP contribution < -0.4 is 0 Å². The molecular formula is C40H80O12. The summed E-state index contributed by atoms with van der Waals surface area (Å²) in [5.74, 6) is -0.130. The molecule has 12 nitrogen and oxygen atoms in total. The SMILES string of the molecule is CCCCCCCCCCCCCCCC(=O)OCCOCCOCCOCCOCCOCCOCCOCCOCCOCCOCCCC. The molecule has 52 heavy (non-hydrogen) atoms. The first-order chi connectivity index (χ1) is 25.8. The second-order valence-corrected chi connectivity index (χ2v) is 12.7. The smallest absolute Gasteiger partial charge is 0.305 e. The second kappa shape index (κ2) is 48.1. The number of rotatable bonds is 47. The third-order valence-corrected chi connectivity index (χ3v) is 7.97. The zero-order chi connectivity index (χ0) is 37.5. The number of esters is 1. The summed E-state index contributed by atoms with van der Waals surface area (Å²) < 4.78 is 60.0. The summed E-state index contributed by atoms with van der Waals surface area (Å²) in [6.45, 7) is 15.3. The highest BCUT2D eigenvalue weighted by Gasteiger charge is 2.03. The van der Waals surface area contributed by atoms with Gasteiger partial charge in [-0.25, -0.2) is 0 Å². The minimum absolute atomic E-state index is 0.130. The van der Waals surface area contributed by atoms with Crippen molar-refractivity contribution in [1.29, 1.82) is 0 Å². The van der Waals surface area contributed by atoms with E-state index in [2.05, 4.69) is 13.8 Å². The van der Waals surface area contributed by atoms with Crippen LogP contribution in [0.15, 0.2) is 0 Å². The number of hydrogen-bond acceptors (Lipinski definition) is 12. The Morgan fingerprint density at radius 1 is 0.269 bits per heavy atom. The van der Waals surface area contributed by atoms with Crippen LogP contribution >= 0.6 is 0 Å². The van der Waals surface area contributed by atoms with Crippen molar-refractivity contribution in [2.45, 2.75) is 117 Å². The van der Waals surface area contributed by atoms with Gasteiger partial charge in [0.25, 0.3) is 0 Å². The topological polar surface area (TPSA) is 119 Å². The summed E-state index contributed by atoms with van der Waals surface area (Å²) in [7, 11) is 0. The summed E-state index contributed by atoms with van der Waals surface area (Å²) in [5, 5.41) is 0. The minimum atomic E-state index is -0.130. The van der Waals surface area contributed by atoms with Crippen molar-refractivity contribution in [3.05, 3.63) is 0 Å². The van der Waals surface area contributed by atoms with E-state index in [1.807, 2.05) is 0 Å². The Balaban J connectivity index is 3.12.